The van der Waals surface area contributed by atoms with Crippen molar-refractivity contribution in [2.75, 3.05) is 26.7 Å². The summed E-state index contributed by atoms with van der Waals surface area (Å²) in [7, 11) is -2.09. The molecule has 6 heteroatoms. The molecule has 0 bridgehead atoms. The Kier molecular flexibility index (Phi) is 6.06. The van der Waals surface area contributed by atoms with Gasteiger partial charge in [0.15, 0.2) is 0 Å². The first-order valence-corrected chi connectivity index (χ1v) is 9.72. The molecular weight excluding hydrogens is 312 g/mol. The van der Waals surface area contributed by atoms with E-state index in [0.717, 1.165) is 18.7 Å². The average molecular weight is 340 g/mol. The van der Waals surface area contributed by atoms with Crippen LogP contribution in [0.5, 0.6) is 5.75 Å². The fourth-order valence-corrected chi connectivity index (χ4v) is 4.43. The van der Waals surface area contributed by atoms with Crippen LogP contribution >= 0.6 is 0 Å². The molecule has 1 saturated heterocycles. The lowest BCUT2D eigenvalue weighted by Gasteiger charge is -2.31. The Hall–Kier alpha value is -1.11. The highest BCUT2D eigenvalue weighted by Crippen LogP contribution is 2.25. The van der Waals surface area contributed by atoms with Crippen LogP contribution in [0.25, 0.3) is 0 Å². The van der Waals surface area contributed by atoms with E-state index in [0.29, 0.717) is 18.2 Å². The van der Waals surface area contributed by atoms with Crippen LogP contribution in [0.15, 0.2) is 23.1 Å². The Morgan fingerprint density at radius 3 is 2.48 bits per heavy atom. The third kappa shape index (κ3) is 4.46. The van der Waals surface area contributed by atoms with E-state index >= 15 is 0 Å². The summed E-state index contributed by atoms with van der Waals surface area (Å²) >= 11 is 0. The maximum atomic E-state index is 12.7. The smallest absolute Gasteiger partial charge is 0.244 e. The van der Waals surface area contributed by atoms with Crippen molar-refractivity contribution in [2.24, 2.45) is 5.92 Å². The summed E-state index contributed by atoms with van der Waals surface area (Å²) in [6.45, 7) is 8.70. The third-order valence-corrected chi connectivity index (χ3v) is 5.92. The summed E-state index contributed by atoms with van der Waals surface area (Å²) in [5.74, 6) is 0.778. The average Bonchev–Trinajstić information content (AvgIpc) is 3.01. The van der Waals surface area contributed by atoms with Crippen molar-refractivity contribution in [3.63, 3.8) is 0 Å². The minimum absolute atomic E-state index is 0.212. The van der Waals surface area contributed by atoms with Gasteiger partial charge in [-0.05, 0) is 56.5 Å². The van der Waals surface area contributed by atoms with Crippen LogP contribution in [-0.4, -0.2) is 46.1 Å². The van der Waals surface area contributed by atoms with Gasteiger partial charge in [0.1, 0.15) is 10.6 Å². The number of nitrogens with zero attached hydrogens (tertiary/aromatic N) is 1. The second kappa shape index (κ2) is 7.64. The summed E-state index contributed by atoms with van der Waals surface area (Å²) in [5.41, 5.74) is 0.895. The quantitative estimate of drug-likeness (QED) is 0.828. The Labute approximate surface area is 140 Å². The fraction of sp³-hybridized carbons (Fsp3) is 0.647. The van der Waals surface area contributed by atoms with Crippen LogP contribution < -0.4 is 9.46 Å². The first-order valence-electron chi connectivity index (χ1n) is 8.23. The van der Waals surface area contributed by atoms with E-state index in [-0.39, 0.29) is 10.9 Å². The van der Waals surface area contributed by atoms with Gasteiger partial charge in [0.05, 0.1) is 7.11 Å². The summed E-state index contributed by atoms with van der Waals surface area (Å²) < 4.78 is 33.4. The zero-order chi connectivity index (χ0) is 17.0. The lowest BCUT2D eigenvalue weighted by Crippen LogP contribution is -2.45. The zero-order valence-electron chi connectivity index (χ0n) is 14.5. The number of benzene rings is 1. The molecule has 1 N–H and O–H groups in total. The monoisotopic (exact) mass is 340 g/mol. The van der Waals surface area contributed by atoms with Crippen LogP contribution in [0.3, 0.4) is 0 Å². The van der Waals surface area contributed by atoms with Crippen molar-refractivity contribution in [2.45, 2.75) is 44.6 Å². The molecule has 0 spiro atoms. The highest BCUT2D eigenvalue weighted by Gasteiger charge is 2.27. The Morgan fingerprint density at radius 1 is 1.26 bits per heavy atom. The summed E-state index contributed by atoms with van der Waals surface area (Å²) in [4.78, 5) is 2.60. The van der Waals surface area contributed by atoms with Crippen molar-refractivity contribution in [3.8, 4) is 5.75 Å². The molecule has 0 saturated carbocycles. The molecule has 1 aliphatic rings. The number of rotatable bonds is 7. The van der Waals surface area contributed by atoms with Gasteiger partial charge >= 0.3 is 0 Å². The van der Waals surface area contributed by atoms with Gasteiger partial charge in [-0.3, -0.25) is 4.90 Å². The molecule has 0 amide bonds. The molecule has 1 fully saturated rings. The minimum Gasteiger partial charge on any atom is -0.495 e. The minimum atomic E-state index is -3.59. The number of hydrogen-bond acceptors (Lipinski definition) is 4. The second-order valence-corrected chi connectivity index (χ2v) is 8.30. The van der Waals surface area contributed by atoms with Gasteiger partial charge in [-0.1, -0.05) is 19.9 Å². The van der Waals surface area contributed by atoms with Crippen molar-refractivity contribution in [1.29, 1.82) is 0 Å². The summed E-state index contributed by atoms with van der Waals surface area (Å²) in [6.07, 6.45) is 2.39. The molecule has 23 heavy (non-hydrogen) atoms. The topological polar surface area (TPSA) is 58.6 Å². The standard InChI is InChI=1S/C17H28N2O3S/c1-13(2)15(19-9-5-6-10-19)12-18-23(20,21)17-11-14(3)7-8-16(17)22-4/h7-8,11,13,15,18H,5-6,9-10,12H2,1-4H3. The third-order valence-electron chi connectivity index (χ3n) is 4.47. The number of sulfonamides is 1. The normalized spacial score (nSPS) is 17.6. The SMILES string of the molecule is COc1ccc(C)cc1S(=O)(=O)NCC(C(C)C)N1CCCC1. The predicted molar refractivity (Wildman–Crippen MR) is 92.4 cm³/mol. The maximum Gasteiger partial charge on any atom is 0.244 e. The molecule has 2 rings (SSSR count). The van der Waals surface area contributed by atoms with Gasteiger partial charge in [0, 0.05) is 12.6 Å². The molecule has 130 valence electrons. The molecule has 0 aliphatic carbocycles. The number of hydrogen-bond donors (Lipinski definition) is 1. The number of ether oxygens (including phenoxy) is 1. The van der Waals surface area contributed by atoms with Gasteiger partial charge < -0.3 is 4.74 Å². The highest BCUT2D eigenvalue weighted by atomic mass is 32.2. The van der Waals surface area contributed by atoms with Crippen LogP contribution in [0, 0.1) is 12.8 Å². The number of nitrogens with one attached hydrogen (secondary N) is 1. The van der Waals surface area contributed by atoms with Gasteiger partial charge in [-0.2, -0.15) is 0 Å². The van der Waals surface area contributed by atoms with E-state index in [2.05, 4.69) is 23.5 Å². The lowest BCUT2D eigenvalue weighted by molar-refractivity contribution is 0.193. The van der Waals surface area contributed by atoms with E-state index < -0.39 is 10.0 Å². The van der Waals surface area contributed by atoms with Crippen LogP contribution in [-0.2, 0) is 10.0 Å². The molecule has 0 radical (unpaired) electrons. The zero-order valence-corrected chi connectivity index (χ0v) is 15.3. The summed E-state index contributed by atoms with van der Waals surface area (Å²) in [5, 5.41) is 0. The number of methoxy groups -OCH3 is 1. The fourth-order valence-electron chi connectivity index (χ4n) is 3.13. The number of likely N-dealkylation sites (tertiary alicyclic amines) is 1. The van der Waals surface area contributed by atoms with E-state index in [1.54, 1.807) is 12.1 Å². The van der Waals surface area contributed by atoms with Crippen LogP contribution in [0.2, 0.25) is 0 Å². The Morgan fingerprint density at radius 2 is 1.91 bits per heavy atom. The first kappa shape index (κ1) is 18.2. The maximum absolute atomic E-state index is 12.7. The van der Waals surface area contributed by atoms with Gasteiger partial charge in [0.25, 0.3) is 0 Å². The molecule has 1 aromatic carbocycles. The first-order chi connectivity index (χ1) is 10.8. The molecule has 5 nitrogen and oxygen atoms in total. The van der Waals surface area contributed by atoms with Gasteiger partial charge in [-0.15, -0.1) is 0 Å². The van der Waals surface area contributed by atoms with Crippen molar-refractivity contribution >= 4 is 10.0 Å². The van der Waals surface area contributed by atoms with E-state index in [4.69, 9.17) is 4.74 Å². The van der Waals surface area contributed by atoms with Crippen LogP contribution in [0.4, 0.5) is 0 Å². The van der Waals surface area contributed by atoms with E-state index in [9.17, 15) is 8.42 Å². The molecule has 1 aliphatic heterocycles. The van der Waals surface area contributed by atoms with Crippen molar-refractivity contribution in [3.05, 3.63) is 23.8 Å². The Bertz CT molecular complexity index is 623. The molecular formula is C17H28N2O3S. The van der Waals surface area contributed by atoms with Crippen molar-refractivity contribution in [1.82, 2.24) is 9.62 Å². The predicted octanol–water partition coefficient (Wildman–Crippen LogP) is 2.40. The molecule has 1 aromatic rings. The Balaban J connectivity index is 2.15. The number of aryl methyl sites for hydroxylation is 1. The lowest BCUT2D eigenvalue weighted by atomic mass is 10.0. The van der Waals surface area contributed by atoms with E-state index in [1.807, 2.05) is 13.0 Å². The van der Waals surface area contributed by atoms with Gasteiger partial charge in [-0.25, -0.2) is 13.1 Å². The molecule has 1 heterocycles. The van der Waals surface area contributed by atoms with E-state index in [1.165, 1.54) is 20.0 Å². The molecule has 1 atom stereocenters. The molecule has 0 aromatic heterocycles. The largest absolute Gasteiger partial charge is 0.495 e. The second-order valence-electron chi connectivity index (χ2n) is 6.56. The van der Waals surface area contributed by atoms with Crippen LogP contribution in [0.1, 0.15) is 32.3 Å². The molecule has 1 unspecified atom stereocenters. The van der Waals surface area contributed by atoms with Gasteiger partial charge in [0.2, 0.25) is 10.0 Å². The van der Waals surface area contributed by atoms with Crippen molar-refractivity contribution < 1.29 is 13.2 Å². The summed E-state index contributed by atoms with van der Waals surface area (Å²) in [6, 6.07) is 5.42. The highest BCUT2D eigenvalue weighted by molar-refractivity contribution is 7.89.